The van der Waals surface area contributed by atoms with Gasteiger partial charge in [-0.15, -0.1) is 0 Å². The molecule has 0 bridgehead atoms. The molecule has 0 saturated carbocycles. The summed E-state index contributed by atoms with van der Waals surface area (Å²) in [6.45, 7) is 1.90. The van der Waals surface area contributed by atoms with Crippen LogP contribution in [0.25, 0.3) is 0 Å². The second-order valence-corrected chi connectivity index (χ2v) is 10.4. The molecule has 3 rings (SSSR count). The quantitative estimate of drug-likeness (QED) is 0.623. The van der Waals surface area contributed by atoms with Crippen LogP contribution in [0.15, 0.2) is 89.8 Å². The fraction of sp³-hybridized carbons (Fsp3) is 0.100. The second-order valence-electron chi connectivity index (χ2n) is 5.73. The highest BCUT2D eigenvalue weighted by atomic mass is 32.2. The van der Waals surface area contributed by atoms with Gasteiger partial charge in [0.25, 0.3) is 0 Å². The van der Waals surface area contributed by atoms with Gasteiger partial charge in [0, 0.05) is 15.5 Å². The summed E-state index contributed by atoms with van der Waals surface area (Å²) in [6, 6.07) is 23.7. The van der Waals surface area contributed by atoms with E-state index in [-0.39, 0.29) is 0 Å². The average molecular weight is 372 g/mol. The molecule has 0 aliphatic rings. The van der Waals surface area contributed by atoms with Gasteiger partial charge in [-0.05, 0) is 19.1 Å². The molecule has 25 heavy (non-hydrogen) atoms. The van der Waals surface area contributed by atoms with Gasteiger partial charge in [-0.3, -0.25) is 4.21 Å². The molecule has 128 valence electrons. The molecular weight excluding hydrogens is 354 g/mol. The molecular formula is C20H18FO2PS. The number of alkyl halides is 1. The average Bonchev–Trinajstić information content (AvgIpc) is 2.68. The van der Waals surface area contributed by atoms with Gasteiger partial charge in [0.05, 0.1) is 10.8 Å². The molecule has 0 aliphatic carbocycles. The van der Waals surface area contributed by atoms with E-state index in [9.17, 15) is 8.77 Å². The Balaban J connectivity index is 2.10. The van der Waals surface area contributed by atoms with Crippen LogP contribution < -0.4 is 10.6 Å². The van der Waals surface area contributed by atoms with Crippen molar-refractivity contribution in [2.75, 3.05) is 0 Å². The van der Waals surface area contributed by atoms with Gasteiger partial charge < -0.3 is 4.57 Å². The van der Waals surface area contributed by atoms with E-state index in [0.717, 1.165) is 5.56 Å². The largest absolute Gasteiger partial charge is 0.310 e. The minimum atomic E-state index is -3.72. The van der Waals surface area contributed by atoms with Crippen molar-refractivity contribution in [1.82, 2.24) is 0 Å². The van der Waals surface area contributed by atoms with Crippen molar-refractivity contribution in [2.24, 2.45) is 0 Å². The van der Waals surface area contributed by atoms with Crippen molar-refractivity contribution >= 4 is 28.6 Å². The number of benzene rings is 3. The first-order chi connectivity index (χ1) is 12.0. The highest BCUT2D eigenvalue weighted by Gasteiger charge is 2.41. The summed E-state index contributed by atoms with van der Waals surface area (Å²) >= 11 is 0. The molecule has 2 atom stereocenters. The number of hydrogen-bond donors (Lipinski definition) is 0. The molecule has 3 aromatic rings. The van der Waals surface area contributed by atoms with E-state index in [2.05, 4.69) is 0 Å². The molecule has 0 heterocycles. The van der Waals surface area contributed by atoms with Gasteiger partial charge in [-0.2, -0.15) is 0 Å². The SMILES string of the molecule is Cc1ccc(S(=O)C(F)P(=O)(c2ccccc2)c2ccccc2)cc1. The lowest BCUT2D eigenvalue weighted by Gasteiger charge is -2.22. The van der Waals surface area contributed by atoms with Crippen LogP contribution >= 0.6 is 7.14 Å². The van der Waals surface area contributed by atoms with Crippen molar-refractivity contribution in [2.45, 2.75) is 17.1 Å². The van der Waals surface area contributed by atoms with Crippen molar-refractivity contribution in [3.63, 3.8) is 0 Å². The summed E-state index contributed by atoms with van der Waals surface area (Å²) in [6.07, 6.45) is 0. The standard InChI is InChI=1S/C20H18FO2PS/c1-16-12-14-19(15-13-16)25(23)20(21)24(22,17-8-4-2-5-9-17)18-10-6-3-7-11-18/h2-15,20H,1H3. The lowest BCUT2D eigenvalue weighted by Crippen LogP contribution is -2.26. The molecule has 0 aromatic heterocycles. The number of rotatable bonds is 5. The summed E-state index contributed by atoms with van der Waals surface area (Å²) in [7, 11) is -5.75. The van der Waals surface area contributed by atoms with Crippen LogP contribution in [-0.4, -0.2) is 9.45 Å². The van der Waals surface area contributed by atoms with Gasteiger partial charge in [0.1, 0.15) is 0 Å². The summed E-state index contributed by atoms with van der Waals surface area (Å²) in [4.78, 5) is 0.338. The van der Waals surface area contributed by atoms with Crippen LogP contribution in [0.3, 0.4) is 0 Å². The van der Waals surface area contributed by atoms with Crippen LogP contribution in [0.2, 0.25) is 0 Å². The zero-order valence-electron chi connectivity index (χ0n) is 13.7. The third-order valence-corrected chi connectivity index (χ3v) is 9.25. The first kappa shape index (κ1) is 17.8. The molecule has 2 nitrogen and oxygen atoms in total. The molecule has 0 radical (unpaired) electrons. The Morgan fingerprint density at radius 3 is 1.68 bits per heavy atom. The van der Waals surface area contributed by atoms with Gasteiger partial charge in [-0.1, -0.05) is 78.4 Å². The van der Waals surface area contributed by atoms with E-state index in [0.29, 0.717) is 15.5 Å². The molecule has 0 N–H and O–H groups in total. The van der Waals surface area contributed by atoms with E-state index >= 15 is 4.39 Å². The van der Waals surface area contributed by atoms with Gasteiger partial charge in [-0.25, -0.2) is 4.39 Å². The maximum atomic E-state index is 15.4. The summed E-state index contributed by atoms with van der Waals surface area (Å²) in [5.41, 5.74) is 0.991. The Morgan fingerprint density at radius 2 is 1.24 bits per heavy atom. The third kappa shape index (κ3) is 3.51. The summed E-state index contributed by atoms with van der Waals surface area (Å²) in [5.74, 6) is 0. The Labute approximate surface area is 149 Å². The van der Waals surface area contributed by atoms with Crippen LogP contribution in [-0.2, 0) is 15.4 Å². The first-order valence-electron chi connectivity index (χ1n) is 7.86. The van der Waals surface area contributed by atoms with E-state index in [1.54, 1.807) is 84.9 Å². The van der Waals surface area contributed by atoms with Crippen LogP contribution in [0.1, 0.15) is 5.56 Å². The van der Waals surface area contributed by atoms with Crippen LogP contribution in [0.5, 0.6) is 0 Å². The van der Waals surface area contributed by atoms with Crippen molar-refractivity contribution in [3.05, 3.63) is 90.5 Å². The Bertz CT molecular complexity index is 868. The zero-order valence-corrected chi connectivity index (χ0v) is 15.4. The Hall–Kier alpha value is -2.03. The normalized spacial score (nSPS) is 14.0. The zero-order chi connectivity index (χ0) is 17.9. The fourth-order valence-corrected chi connectivity index (χ4v) is 7.40. The minimum absolute atomic E-state index is 0.338. The van der Waals surface area contributed by atoms with E-state index in [4.69, 9.17) is 0 Å². The molecule has 5 heteroatoms. The molecule has 3 aromatic carbocycles. The molecule has 0 amide bonds. The van der Waals surface area contributed by atoms with Crippen LogP contribution in [0.4, 0.5) is 4.39 Å². The maximum Gasteiger partial charge on any atom is 0.238 e. The number of hydrogen-bond acceptors (Lipinski definition) is 2. The van der Waals surface area contributed by atoms with E-state index < -0.39 is 23.2 Å². The molecule has 2 unspecified atom stereocenters. The molecule has 0 spiro atoms. The monoisotopic (exact) mass is 372 g/mol. The highest BCUT2D eigenvalue weighted by molar-refractivity contribution is 7.99. The third-order valence-electron chi connectivity index (χ3n) is 4.00. The molecule has 0 saturated heterocycles. The maximum absolute atomic E-state index is 15.4. The Kier molecular flexibility index (Phi) is 5.31. The van der Waals surface area contributed by atoms with Crippen LogP contribution in [0, 0.1) is 6.92 Å². The lowest BCUT2D eigenvalue weighted by atomic mass is 10.2. The number of aryl methyl sites for hydroxylation is 1. The molecule has 0 fully saturated rings. The fourth-order valence-electron chi connectivity index (χ4n) is 2.60. The minimum Gasteiger partial charge on any atom is -0.310 e. The van der Waals surface area contributed by atoms with Crippen molar-refractivity contribution in [3.8, 4) is 0 Å². The first-order valence-corrected chi connectivity index (χ1v) is 10.8. The van der Waals surface area contributed by atoms with Crippen molar-refractivity contribution < 1.29 is 13.2 Å². The van der Waals surface area contributed by atoms with Crippen molar-refractivity contribution in [1.29, 1.82) is 0 Å². The lowest BCUT2D eigenvalue weighted by molar-refractivity contribution is 0.506. The smallest absolute Gasteiger partial charge is 0.238 e. The highest BCUT2D eigenvalue weighted by Crippen LogP contribution is 2.51. The van der Waals surface area contributed by atoms with Gasteiger partial charge in [0.2, 0.25) is 5.24 Å². The number of halogens is 1. The second kappa shape index (κ2) is 7.47. The van der Waals surface area contributed by atoms with E-state index in [1.807, 2.05) is 6.92 Å². The van der Waals surface area contributed by atoms with Gasteiger partial charge in [0.15, 0.2) is 7.14 Å². The predicted molar refractivity (Wildman–Crippen MR) is 102 cm³/mol. The molecule has 0 aliphatic heterocycles. The summed E-state index contributed by atoms with van der Waals surface area (Å²) < 4.78 is 42.1. The summed E-state index contributed by atoms with van der Waals surface area (Å²) in [5, 5.41) is -1.27. The van der Waals surface area contributed by atoms with Gasteiger partial charge >= 0.3 is 0 Å². The van der Waals surface area contributed by atoms with E-state index in [1.165, 1.54) is 0 Å². The topological polar surface area (TPSA) is 34.1 Å². The Morgan fingerprint density at radius 1 is 0.800 bits per heavy atom. The predicted octanol–water partition coefficient (Wildman–Crippen LogP) is 4.37.